The Morgan fingerprint density at radius 1 is 1.12 bits per heavy atom. The molecule has 17 heavy (non-hydrogen) atoms. The zero-order chi connectivity index (χ0) is 12.4. The van der Waals surface area contributed by atoms with Crippen LogP contribution in [0.25, 0.3) is 0 Å². The number of halogens is 2. The van der Waals surface area contributed by atoms with Crippen molar-refractivity contribution in [3.63, 3.8) is 0 Å². The van der Waals surface area contributed by atoms with Gasteiger partial charge >= 0.3 is 0 Å². The van der Waals surface area contributed by atoms with Gasteiger partial charge in [0.05, 0.1) is 0 Å². The van der Waals surface area contributed by atoms with Crippen LogP contribution in [-0.4, -0.2) is 5.11 Å². The second-order valence-corrected chi connectivity index (χ2v) is 4.36. The summed E-state index contributed by atoms with van der Waals surface area (Å²) in [4.78, 5) is 0. The third-order valence-electron chi connectivity index (χ3n) is 2.67. The first-order valence-corrected chi connectivity index (χ1v) is 5.66. The lowest BCUT2D eigenvalue weighted by Gasteiger charge is -2.14. The van der Waals surface area contributed by atoms with Crippen LogP contribution in [0.1, 0.15) is 22.8 Å². The van der Waals surface area contributed by atoms with Crippen LogP contribution in [-0.2, 0) is 0 Å². The maximum Gasteiger partial charge on any atom is 0.130 e. The normalized spacial score (nSPS) is 12.5. The third-order valence-corrected chi connectivity index (χ3v) is 3.00. The van der Waals surface area contributed by atoms with E-state index < -0.39 is 11.9 Å². The molecule has 0 heterocycles. The molecule has 0 aromatic heterocycles. The highest BCUT2D eigenvalue weighted by Gasteiger charge is 2.17. The largest absolute Gasteiger partial charge is 0.383 e. The molecule has 0 radical (unpaired) electrons. The Balaban J connectivity index is 2.43. The maximum absolute atomic E-state index is 13.6. The van der Waals surface area contributed by atoms with Gasteiger partial charge in [-0.05, 0) is 24.6 Å². The highest BCUT2D eigenvalue weighted by Crippen LogP contribution is 2.30. The van der Waals surface area contributed by atoms with Crippen molar-refractivity contribution < 1.29 is 9.50 Å². The maximum atomic E-state index is 13.6. The minimum absolute atomic E-state index is 0.123. The Bertz CT molecular complexity index is 502. The fourth-order valence-corrected chi connectivity index (χ4v) is 1.95. The van der Waals surface area contributed by atoms with Crippen molar-refractivity contribution in [3.8, 4) is 0 Å². The van der Waals surface area contributed by atoms with Gasteiger partial charge in [-0.1, -0.05) is 47.5 Å². The van der Waals surface area contributed by atoms with Gasteiger partial charge in [0, 0.05) is 10.6 Å². The van der Waals surface area contributed by atoms with Gasteiger partial charge in [-0.3, -0.25) is 0 Å². The van der Waals surface area contributed by atoms with Crippen LogP contribution in [0.15, 0.2) is 42.5 Å². The number of hydrogen-bond donors (Lipinski definition) is 1. The summed E-state index contributed by atoms with van der Waals surface area (Å²) in [6.45, 7) is 1.95. The first kappa shape index (κ1) is 12.1. The Morgan fingerprint density at radius 3 is 2.35 bits per heavy atom. The van der Waals surface area contributed by atoms with E-state index in [1.54, 1.807) is 18.2 Å². The molecule has 1 atom stereocenters. The van der Waals surface area contributed by atoms with E-state index in [-0.39, 0.29) is 10.6 Å². The second-order valence-electron chi connectivity index (χ2n) is 3.95. The fraction of sp³-hybridized carbons (Fsp3) is 0.143. The average molecular weight is 251 g/mol. The number of rotatable bonds is 2. The van der Waals surface area contributed by atoms with Gasteiger partial charge in [0.2, 0.25) is 0 Å². The minimum atomic E-state index is -1.04. The molecule has 0 aliphatic carbocycles. The summed E-state index contributed by atoms with van der Waals surface area (Å²) in [7, 11) is 0. The quantitative estimate of drug-likeness (QED) is 0.858. The van der Waals surface area contributed by atoms with E-state index in [2.05, 4.69) is 0 Å². The predicted molar refractivity (Wildman–Crippen MR) is 66.7 cm³/mol. The zero-order valence-electron chi connectivity index (χ0n) is 9.32. The molecule has 0 saturated carbocycles. The lowest BCUT2D eigenvalue weighted by Crippen LogP contribution is -2.03. The lowest BCUT2D eigenvalue weighted by atomic mass is 10.00. The van der Waals surface area contributed by atoms with Crippen LogP contribution in [0, 0.1) is 12.7 Å². The van der Waals surface area contributed by atoms with Gasteiger partial charge < -0.3 is 5.11 Å². The molecule has 88 valence electrons. The SMILES string of the molecule is Cc1ccc(C(O)c2c(F)cccc2Cl)cc1. The van der Waals surface area contributed by atoms with Gasteiger partial charge in [0.25, 0.3) is 0 Å². The number of aliphatic hydroxyl groups is 1. The molecule has 3 heteroatoms. The second kappa shape index (κ2) is 4.86. The molecule has 0 amide bonds. The molecule has 1 N–H and O–H groups in total. The Morgan fingerprint density at radius 2 is 1.76 bits per heavy atom. The van der Waals surface area contributed by atoms with E-state index in [4.69, 9.17) is 11.6 Å². The summed E-state index contributed by atoms with van der Waals surface area (Å²) in [6, 6.07) is 11.6. The number of aliphatic hydroxyl groups excluding tert-OH is 1. The topological polar surface area (TPSA) is 20.2 Å². The van der Waals surface area contributed by atoms with Crippen LogP contribution in [0.4, 0.5) is 4.39 Å². The van der Waals surface area contributed by atoms with Gasteiger partial charge in [-0.2, -0.15) is 0 Å². The summed E-state index contributed by atoms with van der Waals surface area (Å²) < 4.78 is 13.6. The van der Waals surface area contributed by atoms with Crippen molar-refractivity contribution >= 4 is 11.6 Å². The standard InChI is InChI=1S/C14H12ClFO/c1-9-5-7-10(8-6-9)14(17)13-11(15)3-2-4-12(13)16/h2-8,14,17H,1H3. The molecule has 0 aliphatic heterocycles. The number of hydrogen-bond acceptors (Lipinski definition) is 1. The zero-order valence-corrected chi connectivity index (χ0v) is 10.1. The minimum Gasteiger partial charge on any atom is -0.383 e. The van der Waals surface area contributed by atoms with Crippen molar-refractivity contribution in [3.05, 3.63) is 70.0 Å². The van der Waals surface area contributed by atoms with Crippen molar-refractivity contribution in [1.29, 1.82) is 0 Å². The van der Waals surface area contributed by atoms with Gasteiger partial charge in [-0.15, -0.1) is 0 Å². The van der Waals surface area contributed by atoms with Crippen molar-refractivity contribution in [1.82, 2.24) is 0 Å². The summed E-state index contributed by atoms with van der Waals surface area (Å²) in [5, 5.41) is 10.4. The molecule has 0 bridgehead atoms. The first-order valence-electron chi connectivity index (χ1n) is 5.28. The Hall–Kier alpha value is -1.38. The summed E-state index contributed by atoms with van der Waals surface area (Å²) >= 11 is 5.91. The number of benzene rings is 2. The molecular formula is C14H12ClFO. The Labute approximate surface area is 104 Å². The van der Waals surface area contributed by atoms with Crippen LogP contribution in [0.2, 0.25) is 5.02 Å². The average Bonchev–Trinajstić information content (AvgIpc) is 2.29. The van der Waals surface area contributed by atoms with Crippen LogP contribution in [0.5, 0.6) is 0 Å². The predicted octanol–water partition coefficient (Wildman–Crippen LogP) is 3.87. The number of aryl methyl sites for hydroxylation is 1. The van der Waals surface area contributed by atoms with Gasteiger partial charge in [0.1, 0.15) is 11.9 Å². The van der Waals surface area contributed by atoms with Gasteiger partial charge in [0.15, 0.2) is 0 Å². The first-order chi connectivity index (χ1) is 8.09. The smallest absolute Gasteiger partial charge is 0.130 e. The van der Waals surface area contributed by atoms with Crippen LogP contribution in [0.3, 0.4) is 0 Å². The molecule has 0 saturated heterocycles. The lowest BCUT2D eigenvalue weighted by molar-refractivity contribution is 0.215. The van der Waals surface area contributed by atoms with Crippen molar-refractivity contribution in [2.24, 2.45) is 0 Å². The molecule has 2 aromatic rings. The molecule has 2 rings (SSSR count). The van der Waals surface area contributed by atoms with Gasteiger partial charge in [-0.25, -0.2) is 4.39 Å². The third kappa shape index (κ3) is 2.48. The van der Waals surface area contributed by atoms with E-state index in [0.717, 1.165) is 5.56 Å². The van der Waals surface area contributed by atoms with E-state index in [0.29, 0.717) is 5.56 Å². The summed E-state index contributed by atoms with van der Waals surface area (Å²) in [6.07, 6.45) is -1.04. The highest BCUT2D eigenvalue weighted by molar-refractivity contribution is 6.31. The summed E-state index contributed by atoms with van der Waals surface area (Å²) in [5.41, 5.74) is 1.83. The van der Waals surface area contributed by atoms with Crippen molar-refractivity contribution in [2.45, 2.75) is 13.0 Å². The molecule has 0 aliphatic rings. The fourth-order valence-electron chi connectivity index (χ4n) is 1.69. The van der Waals surface area contributed by atoms with Crippen LogP contribution < -0.4 is 0 Å². The summed E-state index contributed by atoms with van der Waals surface area (Å²) in [5.74, 6) is -0.495. The Kier molecular flexibility index (Phi) is 3.46. The van der Waals surface area contributed by atoms with Crippen molar-refractivity contribution in [2.75, 3.05) is 0 Å². The van der Waals surface area contributed by atoms with E-state index in [9.17, 15) is 9.50 Å². The van der Waals surface area contributed by atoms with E-state index in [1.807, 2.05) is 19.1 Å². The molecule has 0 fully saturated rings. The molecule has 1 unspecified atom stereocenters. The molecule has 0 spiro atoms. The van der Waals surface area contributed by atoms with Crippen LogP contribution >= 0.6 is 11.6 Å². The monoisotopic (exact) mass is 250 g/mol. The molecule has 2 aromatic carbocycles. The molecular weight excluding hydrogens is 239 g/mol. The molecule has 1 nitrogen and oxygen atoms in total. The van der Waals surface area contributed by atoms with E-state index in [1.165, 1.54) is 12.1 Å². The van der Waals surface area contributed by atoms with E-state index >= 15 is 0 Å². The highest BCUT2D eigenvalue weighted by atomic mass is 35.5.